The fraction of sp³-hybridized carbons (Fsp3) is 0.474. The highest BCUT2D eigenvalue weighted by Crippen LogP contribution is 2.25. The maximum absolute atomic E-state index is 12.4. The Bertz CT molecular complexity index is 632. The normalized spacial score (nSPS) is 21.1. The van der Waals surface area contributed by atoms with E-state index in [-0.39, 0.29) is 24.1 Å². The molecule has 0 aromatic heterocycles. The van der Waals surface area contributed by atoms with Gasteiger partial charge in [0.1, 0.15) is 5.75 Å². The second kappa shape index (κ2) is 7.62. The summed E-state index contributed by atoms with van der Waals surface area (Å²) in [4.78, 5) is 25.3. The number of hydrogen-bond donors (Lipinski definition) is 0. The zero-order valence-corrected chi connectivity index (χ0v) is 15.0. The first kappa shape index (κ1) is 18.2. The molecule has 1 amide bonds. The number of ether oxygens (including phenoxy) is 2. The van der Waals surface area contributed by atoms with E-state index < -0.39 is 0 Å². The molecule has 1 aromatic carbocycles. The molecule has 2 rings (SSSR count). The lowest BCUT2D eigenvalue weighted by molar-refractivity contribution is -0.138. The molecular formula is C19H25NO4. The summed E-state index contributed by atoms with van der Waals surface area (Å²) in [5.74, 6) is 0.230. The zero-order valence-electron chi connectivity index (χ0n) is 15.0. The van der Waals surface area contributed by atoms with Crippen LogP contribution in [0.25, 0.3) is 6.08 Å². The molecule has 1 fully saturated rings. The molecule has 0 saturated carbocycles. The number of hydrogen-bond acceptors (Lipinski definition) is 4. The fourth-order valence-electron chi connectivity index (χ4n) is 3.02. The highest BCUT2D eigenvalue weighted by Gasteiger charge is 2.24. The van der Waals surface area contributed by atoms with E-state index in [1.807, 2.05) is 44.7 Å². The summed E-state index contributed by atoms with van der Waals surface area (Å²) in [5, 5.41) is 0. The smallest absolute Gasteiger partial charge is 0.308 e. The molecule has 0 radical (unpaired) electrons. The molecule has 1 saturated heterocycles. The van der Waals surface area contributed by atoms with Crippen molar-refractivity contribution in [2.75, 3.05) is 13.1 Å². The van der Waals surface area contributed by atoms with Gasteiger partial charge in [0.05, 0.1) is 12.2 Å². The highest BCUT2D eigenvalue weighted by molar-refractivity contribution is 5.92. The molecule has 0 N–H and O–H groups in total. The Morgan fingerprint density at radius 2 is 1.71 bits per heavy atom. The molecule has 24 heavy (non-hydrogen) atoms. The maximum atomic E-state index is 12.4. The van der Waals surface area contributed by atoms with Gasteiger partial charge in [-0.15, -0.1) is 0 Å². The standard InChI is InChI=1S/C19H25NO4/c1-12-8-17(9-13(2)19(12)24-16(5)21)6-7-18(22)20-10-14(3)23-15(4)11-20/h6-9,14-15H,10-11H2,1-5H3/b7-6+. The number of rotatable bonds is 3. The van der Waals surface area contributed by atoms with Crippen LogP contribution < -0.4 is 4.74 Å². The molecule has 0 aliphatic carbocycles. The van der Waals surface area contributed by atoms with Crippen LogP contribution >= 0.6 is 0 Å². The first-order valence-electron chi connectivity index (χ1n) is 8.18. The third kappa shape index (κ3) is 4.68. The van der Waals surface area contributed by atoms with Gasteiger partial charge in [-0.2, -0.15) is 0 Å². The summed E-state index contributed by atoms with van der Waals surface area (Å²) in [7, 11) is 0. The Morgan fingerprint density at radius 3 is 2.21 bits per heavy atom. The number of benzene rings is 1. The molecule has 0 spiro atoms. The number of carbonyl (C=O) groups excluding carboxylic acids is 2. The molecule has 1 heterocycles. The zero-order chi connectivity index (χ0) is 17.9. The quantitative estimate of drug-likeness (QED) is 0.485. The van der Waals surface area contributed by atoms with Crippen molar-refractivity contribution in [1.82, 2.24) is 4.90 Å². The average Bonchev–Trinajstić information content (AvgIpc) is 2.47. The third-order valence-corrected chi connectivity index (χ3v) is 3.88. The first-order chi connectivity index (χ1) is 11.3. The second-order valence-corrected chi connectivity index (χ2v) is 6.41. The van der Waals surface area contributed by atoms with Crippen molar-refractivity contribution in [1.29, 1.82) is 0 Å². The van der Waals surface area contributed by atoms with Gasteiger partial charge in [-0.05, 0) is 62.6 Å². The van der Waals surface area contributed by atoms with E-state index in [2.05, 4.69) is 0 Å². The summed E-state index contributed by atoms with van der Waals surface area (Å²) in [6.07, 6.45) is 3.49. The minimum Gasteiger partial charge on any atom is -0.426 e. The fourth-order valence-corrected chi connectivity index (χ4v) is 3.02. The Kier molecular flexibility index (Phi) is 5.78. The topological polar surface area (TPSA) is 55.8 Å². The summed E-state index contributed by atoms with van der Waals surface area (Å²) in [6.45, 7) is 10.3. The van der Waals surface area contributed by atoms with Gasteiger partial charge >= 0.3 is 5.97 Å². The molecule has 0 bridgehead atoms. The van der Waals surface area contributed by atoms with Crippen molar-refractivity contribution in [2.24, 2.45) is 0 Å². The average molecular weight is 331 g/mol. The number of esters is 1. The van der Waals surface area contributed by atoms with E-state index in [9.17, 15) is 9.59 Å². The van der Waals surface area contributed by atoms with Gasteiger partial charge in [0, 0.05) is 26.1 Å². The van der Waals surface area contributed by atoms with E-state index in [0.29, 0.717) is 18.8 Å². The second-order valence-electron chi connectivity index (χ2n) is 6.41. The van der Waals surface area contributed by atoms with Gasteiger partial charge in [0.15, 0.2) is 0 Å². The molecule has 2 atom stereocenters. The predicted octanol–water partition coefficient (Wildman–Crippen LogP) is 2.88. The van der Waals surface area contributed by atoms with Crippen LogP contribution in [-0.2, 0) is 14.3 Å². The lowest BCUT2D eigenvalue weighted by Crippen LogP contribution is -2.47. The van der Waals surface area contributed by atoms with Crippen molar-refractivity contribution in [3.05, 3.63) is 34.9 Å². The first-order valence-corrected chi connectivity index (χ1v) is 8.18. The molecule has 130 valence electrons. The van der Waals surface area contributed by atoms with Crippen LogP contribution in [0.4, 0.5) is 0 Å². The monoisotopic (exact) mass is 331 g/mol. The minimum absolute atomic E-state index is 0.0173. The highest BCUT2D eigenvalue weighted by atomic mass is 16.5. The van der Waals surface area contributed by atoms with Gasteiger partial charge in [0.2, 0.25) is 5.91 Å². The van der Waals surface area contributed by atoms with Gasteiger partial charge in [-0.1, -0.05) is 0 Å². The van der Waals surface area contributed by atoms with Gasteiger partial charge < -0.3 is 14.4 Å². The Morgan fingerprint density at radius 1 is 1.17 bits per heavy atom. The molecule has 1 aliphatic rings. The van der Waals surface area contributed by atoms with E-state index in [1.54, 1.807) is 12.2 Å². The Labute approximate surface area is 143 Å². The maximum Gasteiger partial charge on any atom is 0.308 e. The third-order valence-electron chi connectivity index (χ3n) is 3.88. The van der Waals surface area contributed by atoms with Crippen molar-refractivity contribution in [3.8, 4) is 5.75 Å². The molecular weight excluding hydrogens is 306 g/mol. The minimum atomic E-state index is -0.338. The Hall–Kier alpha value is -2.14. The number of nitrogens with zero attached hydrogens (tertiary/aromatic N) is 1. The molecule has 2 unspecified atom stereocenters. The van der Waals surface area contributed by atoms with Gasteiger partial charge in [-0.3, -0.25) is 9.59 Å². The van der Waals surface area contributed by atoms with Crippen molar-refractivity contribution < 1.29 is 19.1 Å². The number of carbonyl (C=O) groups is 2. The number of morpholine rings is 1. The van der Waals surface area contributed by atoms with Crippen LogP contribution in [0.5, 0.6) is 5.75 Å². The van der Waals surface area contributed by atoms with E-state index in [0.717, 1.165) is 16.7 Å². The van der Waals surface area contributed by atoms with Crippen LogP contribution in [0.15, 0.2) is 18.2 Å². The van der Waals surface area contributed by atoms with Crippen LogP contribution in [-0.4, -0.2) is 42.1 Å². The Balaban J connectivity index is 2.11. The lowest BCUT2D eigenvalue weighted by Gasteiger charge is -2.34. The van der Waals surface area contributed by atoms with E-state index in [1.165, 1.54) is 6.92 Å². The lowest BCUT2D eigenvalue weighted by atomic mass is 10.1. The SMILES string of the molecule is CC(=O)Oc1c(C)cc(/C=C/C(=O)N2CC(C)OC(C)C2)cc1C. The van der Waals surface area contributed by atoms with Crippen LogP contribution in [0.1, 0.15) is 37.5 Å². The molecule has 1 aromatic rings. The van der Waals surface area contributed by atoms with Crippen molar-refractivity contribution in [3.63, 3.8) is 0 Å². The van der Waals surface area contributed by atoms with Crippen LogP contribution in [0.2, 0.25) is 0 Å². The molecule has 5 heteroatoms. The summed E-state index contributed by atoms with van der Waals surface area (Å²) < 4.78 is 10.9. The summed E-state index contributed by atoms with van der Waals surface area (Å²) in [5.41, 5.74) is 2.64. The summed E-state index contributed by atoms with van der Waals surface area (Å²) >= 11 is 0. The van der Waals surface area contributed by atoms with Crippen molar-refractivity contribution >= 4 is 18.0 Å². The van der Waals surface area contributed by atoms with E-state index >= 15 is 0 Å². The molecule has 1 aliphatic heterocycles. The van der Waals surface area contributed by atoms with Crippen LogP contribution in [0, 0.1) is 13.8 Å². The van der Waals surface area contributed by atoms with Crippen molar-refractivity contribution in [2.45, 2.75) is 46.8 Å². The van der Waals surface area contributed by atoms with Gasteiger partial charge in [0.25, 0.3) is 0 Å². The number of aryl methyl sites for hydroxylation is 2. The summed E-state index contributed by atoms with van der Waals surface area (Å²) in [6, 6.07) is 3.80. The molecule has 5 nitrogen and oxygen atoms in total. The number of amides is 1. The predicted molar refractivity (Wildman–Crippen MR) is 92.8 cm³/mol. The van der Waals surface area contributed by atoms with Crippen LogP contribution in [0.3, 0.4) is 0 Å². The van der Waals surface area contributed by atoms with E-state index in [4.69, 9.17) is 9.47 Å². The van der Waals surface area contributed by atoms with Gasteiger partial charge in [-0.25, -0.2) is 0 Å². The largest absolute Gasteiger partial charge is 0.426 e.